The van der Waals surface area contributed by atoms with Crippen LogP contribution >= 0.6 is 9.24 Å². The lowest BCUT2D eigenvalue weighted by Crippen LogP contribution is -2.21. The van der Waals surface area contributed by atoms with E-state index in [1.165, 1.54) is 25.7 Å². The fourth-order valence-electron chi connectivity index (χ4n) is 1.40. The second-order valence-electron chi connectivity index (χ2n) is 2.78. The summed E-state index contributed by atoms with van der Waals surface area (Å²) in [5, 5.41) is 0. The van der Waals surface area contributed by atoms with Crippen LogP contribution < -0.4 is 0 Å². The molecule has 0 heterocycles. The zero-order valence-electron chi connectivity index (χ0n) is 5.97. The fraction of sp³-hybridized carbons (Fsp3) is 1.00. The van der Waals surface area contributed by atoms with Crippen molar-refractivity contribution in [3.63, 3.8) is 0 Å². The molecule has 2 heteroatoms. The molecule has 0 N–H and O–H groups in total. The molecule has 3 atom stereocenters. The first-order valence-electron chi connectivity index (χ1n) is 3.61. The highest BCUT2D eigenvalue weighted by Crippen LogP contribution is 2.25. The summed E-state index contributed by atoms with van der Waals surface area (Å²) in [4.78, 5) is 0. The van der Waals surface area contributed by atoms with Crippen LogP contribution in [0.4, 0.5) is 0 Å². The molecular weight excluding hydrogens is 131 g/mol. The van der Waals surface area contributed by atoms with Crippen molar-refractivity contribution in [1.29, 1.82) is 0 Å². The van der Waals surface area contributed by atoms with Crippen LogP contribution in [0, 0.1) is 0 Å². The largest absolute Gasteiger partial charge is 0.381 e. The molecule has 0 radical (unpaired) electrons. The number of methoxy groups -OCH3 is 1. The van der Waals surface area contributed by atoms with E-state index in [0.717, 1.165) is 5.66 Å². The van der Waals surface area contributed by atoms with Crippen molar-refractivity contribution in [2.75, 3.05) is 7.11 Å². The molecule has 9 heavy (non-hydrogen) atoms. The molecular formula is C7H15OP. The van der Waals surface area contributed by atoms with Gasteiger partial charge in [0.05, 0.1) is 6.10 Å². The van der Waals surface area contributed by atoms with Gasteiger partial charge in [0.25, 0.3) is 0 Å². The Morgan fingerprint density at radius 3 is 2.67 bits per heavy atom. The lowest BCUT2D eigenvalue weighted by molar-refractivity contribution is 0.0729. The lowest BCUT2D eigenvalue weighted by Gasteiger charge is -2.24. The second kappa shape index (κ2) is 3.53. The van der Waals surface area contributed by atoms with E-state index >= 15 is 0 Å². The predicted octanol–water partition coefficient (Wildman–Crippen LogP) is 1.82. The van der Waals surface area contributed by atoms with Crippen LogP contribution in [0.5, 0.6) is 0 Å². The first kappa shape index (κ1) is 7.50. The van der Waals surface area contributed by atoms with Crippen molar-refractivity contribution >= 4 is 9.24 Å². The number of hydrogen-bond acceptors (Lipinski definition) is 1. The zero-order chi connectivity index (χ0) is 6.69. The summed E-state index contributed by atoms with van der Waals surface area (Å²) in [7, 11) is 4.69. The minimum atomic E-state index is 0.543. The van der Waals surface area contributed by atoms with Gasteiger partial charge in [0.1, 0.15) is 0 Å². The van der Waals surface area contributed by atoms with E-state index in [-0.39, 0.29) is 0 Å². The van der Waals surface area contributed by atoms with E-state index < -0.39 is 0 Å². The maximum atomic E-state index is 5.25. The number of ether oxygens (including phenoxy) is 1. The van der Waals surface area contributed by atoms with Gasteiger partial charge in [-0.25, -0.2) is 0 Å². The van der Waals surface area contributed by atoms with Crippen molar-refractivity contribution < 1.29 is 4.74 Å². The summed E-state index contributed by atoms with van der Waals surface area (Å²) < 4.78 is 5.25. The average Bonchev–Trinajstić information content (AvgIpc) is 1.88. The molecule has 1 nitrogen and oxygen atoms in total. The van der Waals surface area contributed by atoms with E-state index in [4.69, 9.17) is 4.74 Å². The Morgan fingerprint density at radius 1 is 1.44 bits per heavy atom. The molecule has 0 bridgehead atoms. The monoisotopic (exact) mass is 146 g/mol. The first-order valence-corrected chi connectivity index (χ1v) is 4.28. The second-order valence-corrected chi connectivity index (χ2v) is 3.73. The Hall–Kier alpha value is 0.390. The third-order valence-corrected chi connectivity index (χ3v) is 2.61. The lowest BCUT2D eigenvalue weighted by atomic mass is 9.97. The molecule has 3 unspecified atom stereocenters. The van der Waals surface area contributed by atoms with E-state index in [1.54, 1.807) is 0 Å². The topological polar surface area (TPSA) is 9.23 Å². The number of rotatable bonds is 1. The Balaban J connectivity index is 2.23. The van der Waals surface area contributed by atoms with Gasteiger partial charge in [-0.1, -0.05) is 6.42 Å². The van der Waals surface area contributed by atoms with Gasteiger partial charge >= 0.3 is 0 Å². The Labute approximate surface area is 59.4 Å². The minimum Gasteiger partial charge on any atom is -0.381 e. The summed E-state index contributed by atoms with van der Waals surface area (Å²) in [5.74, 6) is 0. The van der Waals surface area contributed by atoms with Crippen molar-refractivity contribution in [2.24, 2.45) is 0 Å². The number of hydrogen-bond donors (Lipinski definition) is 0. The molecule has 0 aromatic carbocycles. The van der Waals surface area contributed by atoms with E-state index in [9.17, 15) is 0 Å². The normalized spacial score (nSPS) is 36.7. The quantitative estimate of drug-likeness (QED) is 0.513. The highest BCUT2D eigenvalue weighted by Gasteiger charge is 2.17. The molecule has 0 amide bonds. The van der Waals surface area contributed by atoms with Crippen molar-refractivity contribution in [1.82, 2.24) is 0 Å². The fourth-order valence-corrected chi connectivity index (χ4v) is 1.93. The van der Waals surface area contributed by atoms with Gasteiger partial charge in [-0.05, 0) is 24.9 Å². The Morgan fingerprint density at radius 2 is 2.22 bits per heavy atom. The molecule has 0 saturated heterocycles. The van der Waals surface area contributed by atoms with Crippen molar-refractivity contribution in [2.45, 2.75) is 37.4 Å². The smallest absolute Gasteiger partial charge is 0.0577 e. The van der Waals surface area contributed by atoms with Gasteiger partial charge in [-0.15, -0.1) is 9.24 Å². The van der Waals surface area contributed by atoms with Crippen LogP contribution in [0.1, 0.15) is 25.7 Å². The van der Waals surface area contributed by atoms with Gasteiger partial charge < -0.3 is 4.74 Å². The minimum absolute atomic E-state index is 0.543. The Bertz CT molecular complexity index is 85.0. The van der Waals surface area contributed by atoms with Gasteiger partial charge in [-0.2, -0.15) is 0 Å². The first-order chi connectivity index (χ1) is 4.33. The third-order valence-electron chi connectivity index (χ3n) is 2.00. The van der Waals surface area contributed by atoms with E-state index in [1.807, 2.05) is 7.11 Å². The van der Waals surface area contributed by atoms with Crippen molar-refractivity contribution in [3.8, 4) is 0 Å². The van der Waals surface area contributed by atoms with Crippen LogP contribution in [0.25, 0.3) is 0 Å². The molecule has 0 aliphatic heterocycles. The van der Waals surface area contributed by atoms with E-state index in [0.29, 0.717) is 6.10 Å². The summed E-state index contributed by atoms with van der Waals surface area (Å²) in [6.07, 6.45) is 5.75. The van der Waals surface area contributed by atoms with Gasteiger partial charge in [0.2, 0.25) is 0 Å². The van der Waals surface area contributed by atoms with Gasteiger partial charge in [0.15, 0.2) is 0 Å². The Kier molecular flexibility index (Phi) is 2.94. The van der Waals surface area contributed by atoms with Crippen LogP contribution in [0.2, 0.25) is 0 Å². The highest BCUT2D eigenvalue weighted by atomic mass is 31.0. The van der Waals surface area contributed by atoms with Gasteiger partial charge in [0, 0.05) is 7.11 Å². The van der Waals surface area contributed by atoms with E-state index in [2.05, 4.69) is 9.24 Å². The summed E-state index contributed by atoms with van der Waals surface area (Å²) in [6.45, 7) is 0. The summed E-state index contributed by atoms with van der Waals surface area (Å²) >= 11 is 0. The van der Waals surface area contributed by atoms with Gasteiger partial charge in [-0.3, -0.25) is 0 Å². The van der Waals surface area contributed by atoms with Crippen LogP contribution in [-0.4, -0.2) is 18.9 Å². The molecule has 1 aliphatic rings. The molecule has 1 aliphatic carbocycles. The van der Waals surface area contributed by atoms with Crippen molar-refractivity contribution in [3.05, 3.63) is 0 Å². The molecule has 0 spiro atoms. The maximum Gasteiger partial charge on any atom is 0.0577 e. The summed E-state index contributed by atoms with van der Waals surface area (Å²) in [6, 6.07) is 0. The van der Waals surface area contributed by atoms with Crippen LogP contribution in [-0.2, 0) is 4.74 Å². The average molecular weight is 146 g/mol. The molecule has 1 fully saturated rings. The SMILES string of the molecule is COC1CCCC(P)C1. The summed E-state index contributed by atoms with van der Waals surface area (Å²) in [5.41, 5.74) is 0.809. The maximum absolute atomic E-state index is 5.25. The molecule has 0 aromatic rings. The molecule has 0 aromatic heterocycles. The highest BCUT2D eigenvalue weighted by molar-refractivity contribution is 7.17. The third kappa shape index (κ3) is 2.23. The molecule has 54 valence electrons. The standard InChI is InChI=1S/C7H15OP/c1-8-6-3-2-4-7(9)5-6/h6-7H,2-5,9H2,1H3. The van der Waals surface area contributed by atoms with Crippen LogP contribution in [0.3, 0.4) is 0 Å². The zero-order valence-corrected chi connectivity index (χ0v) is 7.12. The van der Waals surface area contributed by atoms with Crippen LogP contribution in [0.15, 0.2) is 0 Å². The molecule has 1 saturated carbocycles. The predicted molar refractivity (Wildman–Crippen MR) is 42.8 cm³/mol. The molecule has 1 rings (SSSR count).